The van der Waals surface area contributed by atoms with E-state index in [1.54, 1.807) is 12.1 Å². The lowest BCUT2D eigenvalue weighted by atomic mass is 10.1. The van der Waals surface area contributed by atoms with Crippen LogP contribution in [0.25, 0.3) is 0 Å². The van der Waals surface area contributed by atoms with E-state index in [2.05, 4.69) is 15.9 Å². The zero-order valence-electron chi connectivity index (χ0n) is 8.14. The molecule has 86 valence electrons. The normalized spacial score (nSPS) is 10.1. The van der Waals surface area contributed by atoms with Crippen molar-refractivity contribution in [2.45, 2.75) is 6.61 Å². The van der Waals surface area contributed by atoms with E-state index in [4.69, 9.17) is 14.9 Å². The largest absolute Gasteiger partial charge is 0.480 e. The van der Waals surface area contributed by atoms with Gasteiger partial charge in [-0.25, -0.2) is 9.59 Å². The van der Waals surface area contributed by atoms with Gasteiger partial charge in [0.2, 0.25) is 0 Å². The summed E-state index contributed by atoms with van der Waals surface area (Å²) in [5.74, 6) is -2.17. The van der Waals surface area contributed by atoms with Crippen molar-refractivity contribution >= 4 is 27.9 Å². The molecule has 0 amide bonds. The summed E-state index contributed by atoms with van der Waals surface area (Å²) in [4.78, 5) is 21.1. The summed E-state index contributed by atoms with van der Waals surface area (Å²) >= 11 is 3.19. The predicted octanol–water partition coefficient (Wildman–Crippen LogP) is 1.75. The number of carbonyl (C=O) groups is 2. The SMILES string of the molecule is O=C(O)COCc1c(Br)cccc1C(=O)O. The first kappa shape index (κ1) is 12.7. The molecule has 0 aliphatic carbocycles. The molecule has 5 nitrogen and oxygen atoms in total. The van der Waals surface area contributed by atoms with Crippen molar-refractivity contribution in [3.8, 4) is 0 Å². The van der Waals surface area contributed by atoms with Crippen molar-refractivity contribution in [1.29, 1.82) is 0 Å². The first-order chi connectivity index (χ1) is 7.52. The van der Waals surface area contributed by atoms with Crippen LogP contribution in [0.4, 0.5) is 0 Å². The molecule has 0 spiro atoms. The topological polar surface area (TPSA) is 83.8 Å². The van der Waals surface area contributed by atoms with Gasteiger partial charge >= 0.3 is 11.9 Å². The number of hydrogen-bond donors (Lipinski definition) is 2. The van der Waals surface area contributed by atoms with E-state index in [1.165, 1.54) is 6.07 Å². The van der Waals surface area contributed by atoms with E-state index in [-0.39, 0.29) is 12.2 Å². The summed E-state index contributed by atoms with van der Waals surface area (Å²) in [5, 5.41) is 17.3. The van der Waals surface area contributed by atoms with Crippen molar-refractivity contribution in [2.75, 3.05) is 6.61 Å². The fourth-order valence-electron chi connectivity index (χ4n) is 1.15. The third-order valence-corrected chi connectivity index (χ3v) is 2.56. The number of carboxylic acid groups (broad SMARTS) is 2. The fourth-order valence-corrected chi connectivity index (χ4v) is 1.63. The highest BCUT2D eigenvalue weighted by atomic mass is 79.9. The van der Waals surface area contributed by atoms with Gasteiger partial charge in [0.1, 0.15) is 6.61 Å². The van der Waals surface area contributed by atoms with Crippen molar-refractivity contribution in [1.82, 2.24) is 0 Å². The van der Waals surface area contributed by atoms with Gasteiger partial charge < -0.3 is 14.9 Å². The quantitative estimate of drug-likeness (QED) is 0.862. The van der Waals surface area contributed by atoms with Gasteiger partial charge in [-0.3, -0.25) is 0 Å². The van der Waals surface area contributed by atoms with Crippen LogP contribution in [-0.2, 0) is 16.1 Å². The second-order valence-corrected chi connectivity index (χ2v) is 3.81. The second-order valence-electron chi connectivity index (χ2n) is 2.96. The molecule has 0 unspecified atom stereocenters. The number of aromatic carboxylic acids is 1. The number of halogens is 1. The van der Waals surface area contributed by atoms with Gasteiger partial charge in [-0.05, 0) is 12.1 Å². The monoisotopic (exact) mass is 288 g/mol. The molecule has 1 rings (SSSR count). The van der Waals surface area contributed by atoms with Crippen LogP contribution >= 0.6 is 15.9 Å². The first-order valence-corrected chi connectivity index (χ1v) is 5.12. The fraction of sp³-hybridized carbons (Fsp3) is 0.200. The summed E-state index contributed by atoms with van der Waals surface area (Å²) in [5.41, 5.74) is 0.524. The van der Waals surface area contributed by atoms with Gasteiger partial charge in [-0.15, -0.1) is 0 Å². The molecule has 0 bridgehead atoms. The average Bonchev–Trinajstić information content (AvgIpc) is 2.19. The molecule has 0 saturated carbocycles. The van der Waals surface area contributed by atoms with Crippen LogP contribution in [0.5, 0.6) is 0 Å². The number of hydrogen-bond acceptors (Lipinski definition) is 3. The lowest BCUT2D eigenvalue weighted by Gasteiger charge is -2.08. The Morgan fingerprint density at radius 3 is 2.56 bits per heavy atom. The van der Waals surface area contributed by atoms with Gasteiger partial charge in [0.05, 0.1) is 12.2 Å². The number of carboxylic acids is 2. The Morgan fingerprint density at radius 1 is 1.31 bits per heavy atom. The number of rotatable bonds is 5. The van der Waals surface area contributed by atoms with E-state index < -0.39 is 18.5 Å². The zero-order valence-corrected chi connectivity index (χ0v) is 9.73. The highest BCUT2D eigenvalue weighted by Gasteiger charge is 2.13. The Hall–Kier alpha value is -1.40. The standard InChI is InChI=1S/C10H9BrO5/c11-8-3-1-2-6(10(14)15)7(8)4-16-5-9(12)13/h1-3H,4-5H2,(H,12,13)(H,14,15). The van der Waals surface area contributed by atoms with Crippen LogP contribution in [0.3, 0.4) is 0 Å². The Kier molecular flexibility index (Phi) is 4.45. The Balaban J connectivity index is 2.84. The summed E-state index contributed by atoms with van der Waals surface area (Å²) in [6, 6.07) is 4.70. The molecule has 1 aromatic carbocycles. The van der Waals surface area contributed by atoms with E-state index >= 15 is 0 Å². The highest BCUT2D eigenvalue weighted by molar-refractivity contribution is 9.10. The van der Waals surface area contributed by atoms with Gasteiger partial charge in [0.15, 0.2) is 0 Å². The molecule has 6 heteroatoms. The minimum Gasteiger partial charge on any atom is -0.480 e. The van der Waals surface area contributed by atoms with Crippen molar-refractivity contribution in [3.63, 3.8) is 0 Å². The maximum atomic E-state index is 10.9. The molecular formula is C10H9BrO5. The van der Waals surface area contributed by atoms with Gasteiger partial charge in [0.25, 0.3) is 0 Å². The van der Waals surface area contributed by atoms with E-state index in [9.17, 15) is 9.59 Å². The van der Waals surface area contributed by atoms with Crippen molar-refractivity contribution in [2.24, 2.45) is 0 Å². The Bertz CT molecular complexity index is 416. The molecule has 0 heterocycles. The molecule has 0 fully saturated rings. The average molecular weight is 289 g/mol. The van der Waals surface area contributed by atoms with Gasteiger partial charge in [-0.2, -0.15) is 0 Å². The molecule has 1 aromatic rings. The van der Waals surface area contributed by atoms with Crippen LogP contribution in [0, 0.1) is 0 Å². The first-order valence-electron chi connectivity index (χ1n) is 4.32. The number of ether oxygens (including phenoxy) is 1. The van der Waals surface area contributed by atoms with Crippen LogP contribution in [-0.4, -0.2) is 28.8 Å². The Labute approximate surface area is 99.8 Å². The summed E-state index contributed by atoms with van der Waals surface area (Å²) in [6.45, 7) is -0.518. The van der Waals surface area contributed by atoms with Gasteiger partial charge in [0, 0.05) is 10.0 Å². The van der Waals surface area contributed by atoms with Crippen LogP contribution < -0.4 is 0 Å². The summed E-state index contributed by atoms with van der Waals surface area (Å²) in [7, 11) is 0. The maximum Gasteiger partial charge on any atom is 0.336 e. The molecule has 0 saturated heterocycles. The Morgan fingerprint density at radius 2 is 2.00 bits per heavy atom. The molecule has 16 heavy (non-hydrogen) atoms. The van der Waals surface area contributed by atoms with Crippen LogP contribution in [0.1, 0.15) is 15.9 Å². The van der Waals surface area contributed by atoms with Crippen molar-refractivity contribution in [3.05, 3.63) is 33.8 Å². The third kappa shape index (κ3) is 3.32. The molecular weight excluding hydrogens is 280 g/mol. The number of aliphatic carboxylic acids is 1. The third-order valence-electron chi connectivity index (χ3n) is 1.82. The van der Waals surface area contributed by atoms with E-state index in [0.29, 0.717) is 10.0 Å². The molecule has 2 N–H and O–H groups in total. The summed E-state index contributed by atoms with van der Waals surface area (Å²) in [6.07, 6.45) is 0. The van der Waals surface area contributed by atoms with Crippen LogP contribution in [0.2, 0.25) is 0 Å². The zero-order chi connectivity index (χ0) is 12.1. The van der Waals surface area contributed by atoms with E-state index in [1.807, 2.05) is 0 Å². The molecule has 0 radical (unpaired) electrons. The summed E-state index contributed by atoms with van der Waals surface area (Å²) < 4.78 is 5.44. The lowest BCUT2D eigenvalue weighted by Crippen LogP contribution is -2.10. The molecule has 0 aliphatic heterocycles. The lowest BCUT2D eigenvalue weighted by molar-refractivity contribution is -0.142. The molecule has 0 atom stereocenters. The highest BCUT2D eigenvalue weighted by Crippen LogP contribution is 2.21. The minimum absolute atomic E-state index is 0.0602. The second kappa shape index (κ2) is 5.62. The predicted molar refractivity (Wildman–Crippen MR) is 58.4 cm³/mol. The molecule has 0 aliphatic rings. The number of benzene rings is 1. The smallest absolute Gasteiger partial charge is 0.336 e. The van der Waals surface area contributed by atoms with Crippen LogP contribution in [0.15, 0.2) is 22.7 Å². The van der Waals surface area contributed by atoms with Gasteiger partial charge in [-0.1, -0.05) is 22.0 Å². The minimum atomic E-state index is -1.09. The maximum absolute atomic E-state index is 10.9. The van der Waals surface area contributed by atoms with E-state index in [0.717, 1.165) is 0 Å². The van der Waals surface area contributed by atoms with Crippen molar-refractivity contribution < 1.29 is 24.5 Å². The molecule has 0 aromatic heterocycles.